The average Bonchev–Trinajstić information content (AvgIpc) is 3.17. The lowest BCUT2D eigenvalue weighted by Crippen LogP contribution is -2.45. The monoisotopic (exact) mass is 447 g/mol. The van der Waals surface area contributed by atoms with Gasteiger partial charge in [0, 0.05) is 16.5 Å². The summed E-state index contributed by atoms with van der Waals surface area (Å²) in [5, 5.41) is 3.49. The van der Waals surface area contributed by atoms with Crippen LogP contribution in [0, 0.1) is 6.92 Å². The SMILES string of the molecule is CSCC[C@H](NC(=O)OC(C)(C)C)C(=O)Oc1ccc2c3c(c(=O)oc2c1C)CCC3. The lowest BCUT2D eigenvalue weighted by molar-refractivity contribution is -0.136. The number of aryl methyl sites for hydroxylation is 2. The molecule has 0 spiro atoms. The number of carbonyl (C=O) groups excluding carboxylic acids is 2. The predicted molar refractivity (Wildman–Crippen MR) is 121 cm³/mol. The van der Waals surface area contributed by atoms with Gasteiger partial charge in [0.2, 0.25) is 0 Å². The van der Waals surface area contributed by atoms with Crippen molar-refractivity contribution in [3.63, 3.8) is 0 Å². The normalized spacial score (nSPS) is 14.2. The van der Waals surface area contributed by atoms with Gasteiger partial charge in [0.1, 0.15) is 23.0 Å². The Hall–Kier alpha value is -2.48. The zero-order valence-electron chi connectivity index (χ0n) is 18.6. The minimum atomic E-state index is -0.857. The van der Waals surface area contributed by atoms with Crippen molar-refractivity contribution in [2.75, 3.05) is 12.0 Å². The molecule has 0 fully saturated rings. The molecule has 7 nitrogen and oxygen atoms in total. The summed E-state index contributed by atoms with van der Waals surface area (Å²) in [6.45, 7) is 7.02. The van der Waals surface area contributed by atoms with Crippen molar-refractivity contribution in [1.82, 2.24) is 5.32 Å². The second-order valence-corrected chi connectivity index (χ2v) is 9.65. The van der Waals surface area contributed by atoms with Crippen LogP contribution in [0.15, 0.2) is 21.3 Å². The Kier molecular flexibility index (Phi) is 6.99. The molecule has 1 aromatic heterocycles. The molecular weight excluding hydrogens is 418 g/mol. The highest BCUT2D eigenvalue weighted by atomic mass is 32.2. The smallest absolute Gasteiger partial charge is 0.408 e. The maximum absolute atomic E-state index is 12.9. The zero-order chi connectivity index (χ0) is 22.8. The van der Waals surface area contributed by atoms with Gasteiger partial charge in [-0.3, -0.25) is 0 Å². The van der Waals surface area contributed by atoms with Crippen LogP contribution in [0.3, 0.4) is 0 Å². The van der Waals surface area contributed by atoms with Gasteiger partial charge in [-0.15, -0.1) is 0 Å². The quantitative estimate of drug-likeness (QED) is 0.404. The molecule has 31 heavy (non-hydrogen) atoms. The Morgan fingerprint density at radius 3 is 2.61 bits per heavy atom. The molecule has 1 N–H and O–H groups in total. The molecule has 2 aromatic rings. The summed E-state index contributed by atoms with van der Waals surface area (Å²) >= 11 is 1.56. The zero-order valence-corrected chi connectivity index (χ0v) is 19.4. The largest absolute Gasteiger partial charge is 0.444 e. The lowest BCUT2D eigenvalue weighted by Gasteiger charge is -2.23. The van der Waals surface area contributed by atoms with Crippen LogP contribution in [0.5, 0.6) is 5.75 Å². The van der Waals surface area contributed by atoms with Crippen LogP contribution in [0.4, 0.5) is 4.79 Å². The fourth-order valence-corrected chi connectivity index (χ4v) is 4.16. The number of hydrogen-bond acceptors (Lipinski definition) is 7. The highest BCUT2D eigenvalue weighted by Crippen LogP contribution is 2.33. The predicted octanol–water partition coefficient (Wildman–Crippen LogP) is 4.14. The number of benzene rings is 1. The summed E-state index contributed by atoms with van der Waals surface area (Å²) in [6.07, 6.45) is 4.15. The molecule has 0 saturated heterocycles. The van der Waals surface area contributed by atoms with Gasteiger partial charge in [-0.05, 0) is 83.1 Å². The Morgan fingerprint density at radius 1 is 1.23 bits per heavy atom. The van der Waals surface area contributed by atoms with Gasteiger partial charge in [0.25, 0.3) is 0 Å². The van der Waals surface area contributed by atoms with Gasteiger partial charge >= 0.3 is 17.7 Å². The number of amides is 1. The first-order valence-electron chi connectivity index (χ1n) is 10.4. The number of nitrogens with one attached hydrogen (secondary N) is 1. The van der Waals surface area contributed by atoms with Crippen molar-refractivity contribution >= 4 is 34.8 Å². The van der Waals surface area contributed by atoms with Crippen molar-refractivity contribution in [1.29, 1.82) is 0 Å². The number of hydrogen-bond donors (Lipinski definition) is 1. The summed E-state index contributed by atoms with van der Waals surface area (Å²) in [5.41, 5.74) is 1.79. The van der Waals surface area contributed by atoms with Gasteiger partial charge in [-0.2, -0.15) is 11.8 Å². The first-order valence-corrected chi connectivity index (χ1v) is 11.8. The van der Waals surface area contributed by atoms with E-state index in [1.54, 1.807) is 45.5 Å². The highest BCUT2D eigenvalue weighted by Gasteiger charge is 2.27. The number of carbonyl (C=O) groups is 2. The van der Waals surface area contributed by atoms with E-state index < -0.39 is 23.7 Å². The number of alkyl carbamates (subject to hydrolysis) is 1. The molecule has 0 bridgehead atoms. The topological polar surface area (TPSA) is 94.8 Å². The highest BCUT2D eigenvalue weighted by molar-refractivity contribution is 7.98. The molecule has 1 heterocycles. The fraction of sp³-hybridized carbons (Fsp3) is 0.522. The number of rotatable bonds is 6. The summed E-state index contributed by atoms with van der Waals surface area (Å²) in [6, 6.07) is 2.69. The van der Waals surface area contributed by atoms with Gasteiger partial charge in [-0.1, -0.05) is 0 Å². The van der Waals surface area contributed by atoms with Crippen LogP contribution in [-0.4, -0.2) is 35.7 Å². The summed E-state index contributed by atoms with van der Waals surface area (Å²) in [5.74, 6) is 0.373. The van der Waals surface area contributed by atoms with E-state index in [0.717, 1.165) is 35.8 Å². The van der Waals surface area contributed by atoms with Gasteiger partial charge in [-0.25, -0.2) is 14.4 Å². The van der Waals surface area contributed by atoms with E-state index in [1.165, 1.54) is 0 Å². The average molecular weight is 448 g/mol. The maximum atomic E-state index is 12.9. The fourth-order valence-electron chi connectivity index (χ4n) is 3.69. The minimum absolute atomic E-state index is 0.304. The van der Waals surface area contributed by atoms with Crippen molar-refractivity contribution < 1.29 is 23.5 Å². The van der Waals surface area contributed by atoms with E-state index in [-0.39, 0.29) is 5.63 Å². The van der Waals surface area contributed by atoms with Crippen molar-refractivity contribution in [2.45, 2.75) is 65.0 Å². The number of esters is 1. The van der Waals surface area contributed by atoms with Crippen LogP contribution in [0.25, 0.3) is 11.0 Å². The standard InChI is InChI=1S/C23H29NO6S/c1-13-18(10-9-15-14-7-6-8-16(14)20(25)29-19(13)15)28-21(26)17(11-12-31-5)24-22(27)30-23(2,3)4/h9-10,17H,6-8,11-12H2,1-5H3,(H,24,27)/t17-/m0/s1. The molecule has 3 rings (SSSR count). The second kappa shape index (κ2) is 9.34. The first kappa shape index (κ1) is 23.2. The van der Waals surface area contributed by atoms with Gasteiger partial charge < -0.3 is 19.2 Å². The first-order chi connectivity index (χ1) is 14.6. The van der Waals surface area contributed by atoms with E-state index in [1.807, 2.05) is 12.3 Å². The lowest BCUT2D eigenvalue weighted by atomic mass is 10.0. The van der Waals surface area contributed by atoms with Crippen molar-refractivity contribution in [3.05, 3.63) is 39.2 Å². The van der Waals surface area contributed by atoms with Crippen LogP contribution in [0.1, 0.15) is 50.3 Å². The Morgan fingerprint density at radius 2 is 1.94 bits per heavy atom. The third kappa shape index (κ3) is 5.42. The van der Waals surface area contributed by atoms with Crippen LogP contribution < -0.4 is 15.7 Å². The van der Waals surface area contributed by atoms with Crippen LogP contribution in [0.2, 0.25) is 0 Å². The second-order valence-electron chi connectivity index (χ2n) is 8.67. The third-order valence-electron chi connectivity index (χ3n) is 5.14. The Bertz CT molecular complexity index is 1050. The number of ether oxygens (including phenoxy) is 2. The molecule has 1 aliphatic rings. The summed E-state index contributed by atoms with van der Waals surface area (Å²) in [7, 11) is 0. The Balaban J connectivity index is 1.84. The van der Waals surface area contributed by atoms with Crippen molar-refractivity contribution in [2.24, 2.45) is 0 Å². The van der Waals surface area contributed by atoms with Crippen LogP contribution in [-0.2, 0) is 22.4 Å². The van der Waals surface area contributed by atoms with Crippen LogP contribution >= 0.6 is 11.8 Å². The van der Waals surface area contributed by atoms with Gasteiger partial charge in [0.05, 0.1) is 0 Å². The molecule has 0 unspecified atom stereocenters. The molecule has 0 aliphatic heterocycles. The molecule has 0 saturated carbocycles. The van der Waals surface area contributed by atoms with E-state index in [9.17, 15) is 14.4 Å². The van der Waals surface area contributed by atoms with Gasteiger partial charge in [0.15, 0.2) is 0 Å². The molecule has 1 atom stereocenters. The molecule has 1 amide bonds. The van der Waals surface area contributed by atoms with Crippen molar-refractivity contribution in [3.8, 4) is 5.75 Å². The molecular formula is C23H29NO6S. The van der Waals surface area contributed by atoms with E-state index in [2.05, 4.69) is 5.32 Å². The van der Waals surface area contributed by atoms with E-state index in [0.29, 0.717) is 29.1 Å². The molecule has 1 aliphatic carbocycles. The molecule has 168 valence electrons. The van der Waals surface area contributed by atoms with E-state index in [4.69, 9.17) is 13.9 Å². The number of fused-ring (bicyclic) bond motifs is 3. The third-order valence-corrected chi connectivity index (χ3v) is 5.78. The summed E-state index contributed by atoms with van der Waals surface area (Å²) in [4.78, 5) is 37.4. The van der Waals surface area contributed by atoms with E-state index >= 15 is 0 Å². The molecule has 8 heteroatoms. The summed E-state index contributed by atoms with van der Waals surface area (Å²) < 4.78 is 16.5. The Labute approximate surface area is 185 Å². The number of thioether (sulfide) groups is 1. The minimum Gasteiger partial charge on any atom is -0.444 e. The molecule has 0 radical (unpaired) electrons. The maximum Gasteiger partial charge on any atom is 0.408 e. The molecule has 1 aromatic carbocycles.